The van der Waals surface area contributed by atoms with E-state index in [1.54, 1.807) is 0 Å². The minimum atomic E-state index is -3.82. The Morgan fingerprint density at radius 3 is 2.74 bits per heavy atom. The van der Waals surface area contributed by atoms with Crippen LogP contribution in [0, 0.1) is 22.5 Å². The first-order valence-corrected chi connectivity index (χ1v) is 6.66. The molecule has 102 valence electrons. The van der Waals surface area contributed by atoms with Crippen LogP contribution in [0.15, 0.2) is 23.1 Å². The maximum absolute atomic E-state index is 11.8. The zero-order valence-corrected chi connectivity index (χ0v) is 10.9. The summed E-state index contributed by atoms with van der Waals surface area (Å²) in [4.78, 5) is 9.88. The number of hydrogen-bond donors (Lipinski definition) is 1. The van der Waals surface area contributed by atoms with Crippen molar-refractivity contribution in [2.75, 3.05) is 13.7 Å². The quantitative estimate of drug-likeness (QED) is 0.362. The lowest BCUT2D eigenvalue weighted by Crippen LogP contribution is -2.24. The Bertz CT molecular complexity index is 618. The van der Waals surface area contributed by atoms with Crippen LogP contribution >= 0.6 is 0 Å². The molecule has 0 saturated heterocycles. The lowest BCUT2D eigenvalue weighted by molar-refractivity contribution is -0.386. The van der Waals surface area contributed by atoms with Crippen LogP contribution in [0.5, 0.6) is 5.75 Å². The highest BCUT2D eigenvalue weighted by molar-refractivity contribution is 7.89. The molecule has 0 heterocycles. The predicted octanol–water partition coefficient (Wildman–Crippen LogP) is 0.905. The van der Waals surface area contributed by atoms with Crippen LogP contribution in [-0.4, -0.2) is 27.0 Å². The predicted molar refractivity (Wildman–Crippen MR) is 68.3 cm³/mol. The molecule has 19 heavy (non-hydrogen) atoms. The third-order valence-electron chi connectivity index (χ3n) is 2.22. The van der Waals surface area contributed by atoms with Gasteiger partial charge in [0.15, 0.2) is 5.75 Å². The van der Waals surface area contributed by atoms with Crippen LogP contribution in [0.3, 0.4) is 0 Å². The van der Waals surface area contributed by atoms with Crippen LogP contribution in [0.1, 0.15) is 6.42 Å². The number of nitro groups is 1. The number of ether oxygens (including phenoxy) is 1. The third-order valence-corrected chi connectivity index (χ3v) is 3.68. The summed E-state index contributed by atoms with van der Waals surface area (Å²) in [6, 6.07) is 3.40. The number of hydrogen-bond acceptors (Lipinski definition) is 5. The zero-order chi connectivity index (χ0) is 14.5. The fourth-order valence-corrected chi connectivity index (χ4v) is 2.37. The lowest BCUT2D eigenvalue weighted by Gasteiger charge is -2.07. The second-order valence-electron chi connectivity index (χ2n) is 3.44. The number of benzene rings is 1. The van der Waals surface area contributed by atoms with Gasteiger partial charge >= 0.3 is 5.69 Å². The van der Waals surface area contributed by atoms with Gasteiger partial charge in [0.05, 0.1) is 16.9 Å². The molecule has 0 spiro atoms. The fraction of sp³-hybridized carbons (Fsp3) is 0.273. The summed E-state index contributed by atoms with van der Waals surface area (Å²) in [5, 5.41) is 10.8. The summed E-state index contributed by atoms with van der Waals surface area (Å²) in [6.07, 6.45) is 5.24. The van der Waals surface area contributed by atoms with E-state index >= 15 is 0 Å². The molecule has 1 rings (SSSR count). The van der Waals surface area contributed by atoms with Gasteiger partial charge < -0.3 is 4.74 Å². The van der Waals surface area contributed by atoms with Crippen molar-refractivity contribution in [2.24, 2.45) is 0 Å². The molecule has 1 aromatic carbocycles. The van der Waals surface area contributed by atoms with E-state index in [9.17, 15) is 18.5 Å². The summed E-state index contributed by atoms with van der Waals surface area (Å²) in [7, 11) is -2.55. The lowest BCUT2D eigenvalue weighted by atomic mass is 10.3. The van der Waals surface area contributed by atoms with Gasteiger partial charge in [-0.1, -0.05) is 0 Å². The minimum absolute atomic E-state index is 0.00688. The van der Waals surface area contributed by atoms with Crippen molar-refractivity contribution in [3.63, 3.8) is 0 Å². The van der Waals surface area contributed by atoms with Crippen LogP contribution < -0.4 is 9.46 Å². The molecule has 0 aliphatic carbocycles. The maximum Gasteiger partial charge on any atom is 0.312 e. The molecule has 0 atom stereocenters. The molecule has 0 unspecified atom stereocenters. The summed E-state index contributed by atoms with van der Waals surface area (Å²) in [5.41, 5.74) is -0.415. The van der Waals surface area contributed by atoms with Crippen molar-refractivity contribution in [2.45, 2.75) is 11.3 Å². The number of nitro benzene ring substituents is 1. The SMILES string of the molecule is C#CCCNS(=O)(=O)c1ccc(OC)c([N+](=O)[O-])c1. The van der Waals surface area contributed by atoms with E-state index in [1.165, 1.54) is 19.2 Å². The number of nitrogens with one attached hydrogen (secondary N) is 1. The van der Waals surface area contributed by atoms with E-state index in [1.807, 2.05) is 0 Å². The molecule has 1 aromatic rings. The summed E-state index contributed by atoms with van der Waals surface area (Å²) in [5.74, 6) is 2.28. The first kappa shape index (κ1) is 14.9. The van der Waals surface area contributed by atoms with Crippen molar-refractivity contribution in [3.05, 3.63) is 28.3 Å². The van der Waals surface area contributed by atoms with Crippen molar-refractivity contribution < 1.29 is 18.1 Å². The van der Waals surface area contributed by atoms with E-state index < -0.39 is 20.6 Å². The van der Waals surface area contributed by atoms with Gasteiger partial charge in [-0.15, -0.1) is 12.3 Å². The Morgan fingerprint density at radius 2 is 2.21 bits per heavy atom. The van der Waals surface area contributed by atoms with Crippen LogP contribution in [0.4, 0.5) is 5.69 Å². The van der Waals surface area contributed by atoms with Crippen molar-refractivity contribution in [1.82, 2.24) is 4.72 Å². The Kier molecular flexibility index (Phi) is 4.86. The monoisotopic (exact) mass is 284 g/mol. The zero-order valence-electron chi connectivity index (χ0n) is 10.1. The molecule has 0 amide bonds. The van der Waals surface area contributed by atoms with Crippen LogP contribution in [-0.2, 0) is 10.0 Å². The molecular formula is C11H12N2O5S. The molecule has 0 aliphatic heterocycles. The van der Waals surface area contributed by atoms with Gasteiger partial charge in [0.1, 0.15) is 0 Å². The van der Waals surface area contributed by atoms with Crippen molar-refractivity contribution >= 4 is 15.7 Å². The maximum atomic E-state index is 11.8. The number of rotatable bonds is 6. The molecular weight excluding hydrogens is 272 g/mol. The van der Waals surface area contributed by atoms with Gasteiger partial charge in [0.2, 0.25) is 10.0 Å². The highest BCUT2D eigenvalue weighted by atomic mass is 32.2. The summed E-state index contributed by atoms with van der Waals surface area (Å²) in [6.45, 7) is 0.0681. The van der Waals surface area contributed by atoms with E-state index in [0.29, 0.717) is 0 Å². The van der Waals surface area contributed by atoms with Gasteiger partial charge in [-0.2, -0.15) is 0 Å². The van der Waals surface area contributed by atoms with Gasteiger partial charge in [-0.3, -0.25) is 10.1 Å². The number of terminal acetylenes is 1. The Labute approximate surface area is 110 Å². The first-order valence-electron chi connectivity index (χ1n) is 5.18. The second kappa shape index (κ2) is 6.17. The number of sulfonamides is 1. The number of methoxy groups -OCH3 is 1. The van der Waals surface area contributed by atoms with Crippen molar-refractivity contribution in [3.8, 4) is 18.1 Å². The topological polar surface area (TPSA) is 98.5 Å². The molecule has 0 aromatic heterocycles. The van der Waals surface area contributed by atoms with Gasteiger partial charge in [-0.05, 0) is 12.1 Å². The van der Waals surface area contributed by atoms with E-state index in [4.69, 9.17) is 11.2 Å². The van der Waals surface area contributed by atoms with E-state index in [-0.39, 0.29) is 23.6 Å². The smallest absolute Gasteiger partial charge is 0.312 e. The fourth-order valence-electron chi connectivity index (χ4n) is 1.32. The average molecular weight is 284 g/mol. The molecule has 1 N–H and O–H groups in total. The second-order valence-corrected chi connectivity index (χ2v) is 5.21. The summed E-state index contributed by atoms with van der Waals surface area (Å²) < 4.78 is 30.7. The molecule has 8 heteroatoms. The molecule has 0 fully saturated rings. The summed E-state index contributed by atoms with van der Waals surface area (Å²) >= 11 is 0. The first-order chi connectivity index (χ1) is 8.92. The Balaban J connectivity index is 3.12. The minimum Gasteiger partial charge on any atom is -0.490 e. The molecule has 7 nitrogen and oxygen atoms in total. The van der Waals surface area contributed by atoms with Crippen LogP contribution in [0.25, 0.3) is 0 Å². The van der Waals surface area contributed by atoms with Gasteiger partial charge in [-0.25, -0.2) is 13.1 Å². The molecule has 0 saturated carbocycles. The number of nitrogens with zero attached hydrogens (tertiary/aromatic N) is 1. The Hall–Kier alpha value is -2.11. The standard InChI is InChI=1S/C11H12N2O5S/c1-3-4-7-12-19(16,17)9-5-6-11(18-2)10(8-9)13(14)15/h1,5-6,8,12H,4,7H2,2H3. The Morgan fingerprint density at radius 1 is 1.53 bits per heavy atom. The highest BCUT2D eigenvalue weighted by Crippen LogP contribution is 2.29. The molecule has 0 aliphatic rings. The van der Waals surface area contributed by atoms with Gasteiger partial charge in [0.25, 0.3) is 0 Å². The van der Waals surface area contributed by atoms with E-state index in [2.05, 4.69) is 10.6 Å². The molecule has 0 radical (unpaired) electrons. The van der Waals surface area contributed by atoms with Gasteiger partial charge in [0, 0.05) is 19.0 Å². The normalized spacial score (nSPS) is 10.7. The molecule has 0 bridgehead atoms. The van der Waals surface area contributed by atoms with E-state index in [0.717, 1.165) is 6.07 Å². The van der Waals surface area contributed by atoms with Crippen molar-refractivity contribution in [1.29, 1.82) is 0 Å². The average Bonchev–Trinajstić information content (AvgIpc) is 2.38. The largest absolute Gasteiger partial charge is 0.490 e. The van der Waals surface area contributed by atoms with Crippen LogP contribution in [0.2, 0.25) is 0 Å². The highest BCUT2D eigenvalue weighted by Gasteiger charge is 2.21. The third kappa shape index (κ3) is 3.67.